The number of thioether (sulfide) groups is 1. The molecule has 1 aliphatic rings. The van der Waals surface area contributed by atoms with Crippen LogP contribution in [0.2, 0.25) is 0 Å². The second-order valence-electron chi connectivity index (χ2n) is 7.28. The minimum atomic E-state index is -0.221. The molecule has 0 spiro atoms. The van der Waals surface area contributed by atoms with E-state index in [4.69, 9.17) is 9.15 Å². The summed E-state index contributed by atoms with van der Waals surface area (Å²) < 4.78 is 10.9. The largest absolute Gasteiger partial charge is 0.459 e. The zero-order valence-electron chi connectivity index (χ0n) is 17.4. The highest BCUT2D eigenvalue weighted by molar-refractivity contribution is 7.98. The first-order chi connectivity index (χ1) is 14.6. The van der Waals surface area contributed by atoms with Gasteiger partial charge in [0.25, 0.3) is 5.91 Å². The van der Waals surface area contributed by atoms with Gasteiger partial charge in [-0.05, 0) is 55.5 Å². The highest BCUT2D eigenvalue weighted by Crippen LogP contribution is 2.42. The van der Waals surface area contributed by atoms with Crippen molar-refractivity contribution in [2.24, 2.45) is 0 Å². The summed E-state index contributed by atoms with van der Waals surface area (Å²) in [4.78, 5) is 17.6. The van der Waals surface area contributed by atoms with Crippen molar-refractivity contribution in [3.05, 3.63) is 70.0 Å². The van der Waals surface area contributed by atoms with Crippen LogP contribution in [0, 0.1) is 13.8 Å². The first kappa shape index (κ1) is 21.2. The lowest BCUT2D eigenvalue weighted by atomic mass is 9.94. The van der Waals surface area contributed by atoms with Gasteiger partial charge in [0, 0.05) is 28.4 Å². The Balaban J connectivity index is 1.76. The maximum Gasteiger partial charge on any atom is 0.291 e. The number of nitrogens with one attached hydrogen (secondary N) is 1. The van der Waals surface area contributed by atoms with Gasteiger partial charge >= 0.3 is 0 Å². The van der Waals surface area contributed by atoms with Gasteiger partial charge in [-0.1, -0.05) is 12.1 Å². The normalized spacial score (nSPS) is 15.8. The zero-order valence-corrected chi connectivity index (χ0v) is 19.1. The molecule has 7 heteroatoms. The van der Waals surface area contributed by atoms with Crippen LogP contribution >= 0.6 is 23.1 Å². The van der Waals surface area contributed by atoms with Crippen molar-refractivity contribution in [3.8, 4) is 0 Å². The van der Waals surface area contributed by atoms with Gasteiger partial charge in [0.1, 0.15) is 5.00 Å². The number of morpholine rings is 1. The maximum absolute atomic E-state index is 12.7. The lowest BCUT2D eigenvalue weighted by molar-refractivity contribution is 0.0240. The number of amides is 1. The highest BCUT2D eigenvalue weighted by atomic mass is 32.2. The third-order valence-corrected chi connectivity index (χ3v) is 7.40. The summed E-state index contributed by atoms with van der Waals surface area (Å²) in [6.45, 7) is 7.40. The molecule has 0 saturated carbocycles. The van der Waals surface area contributed by atoms with Gasteiger partial charge in [0.15, 0.2) is 5.76 Å². The van der Waals surface area contributed by atoms with E-state index in [0.29, 0.717) is 5.76 Å². The van der Waals surface area contributed by atoms with Crippen molar-refractivity contribution in [3.63, 3.8) is 0 Å². The molecule has 30 heavy (non-hydrogen) atoms. The molecule has 0 aliphatic carbocycles. The fraction of sp³-hybridized carbons (Fsp3) is 0.348. The summed E-state index contributed by atoms with van der Waals surface area (Å²) in [6, 6.07) is 12.2. The number of carbonyl (C=O) groups is 1. The van der Waals surface area contributed by atoms with Crippen LogP contribution in [0.3, 0.4) is 0 Å². The van der Waals surface area contributed by atoms with Crippen LogP contribution in [0.4, 0.5) is 5.00 Å². The number of ether oxygens (including phenoxy) is 1. The molecule has 1 aromatic carbocycles. The van der Waals surface area contributed by atoms with Crippen molar-refractivity contribution in [2.75, 3.05) is 37.9 Å². The summed E-state index contributed by atoms with van der Waals surface area (Å²) in [6.07, 6.45) is 3.60. The molecule has 1 amide bonds. The van der Waals surface area contributed by atoms with Crippen LogP contribution in [-0.4, -0.2) is 43.4 Å². The molecular formula is C23H26N2O3S2. The zero-order chi connectivity index (χ0) is 21.1. The summed E-state index contributed by atoms with van der Waals surface area (Å²) in [5, 5.41) is 4.00. The Morgan fingerprint density at radius 3 is 2.53 bits per heavy atom. The van der Waals surface area contributed by atoms with Crippen LogP contribution in [0.5, 0.6) is 0 Å². The Bertz CT molecular complexity index is 990. The Labute approximate surface area is 185 Å². The van der Waals surface area contributed by atoms with E-state index in [1.807, 2.05) is 0 Å². The third-order valence-electron chi connectivity index (χ3n) is 5.52. The number of furan rings is 1. The van der Waals surface area contributed by atoms with Crippen LogP contribution in [0.25, 0.3) is 0 Å². The molecule has 1 N–H and O–H groups in total. The number of nitrogens with zero attached hydrogens (tertiary/aromatic N) is 1. The van der Waals surface area contributed by atoms with E-state index < -0.39 is 0 Å². The number of benzene rings is 1. The number of hydrogen-bond acceptors (Lipinski definition) is 6. The average Bonchev–Trinajstić information content (AvgIpc) is 3.40. The molecule has 5 nitrogen and oxygen atoms in total. The maximum atomic E-state index is 12.7. The van der Waals surface area contributed by atoms with Crippen LogP contribution in [0.1, 0.15) is 38.2 Å². The van der Waals surface area contributed by atoms with E-state index in [0.717, 1.165) is 36.9 Å². The average molecular weight is 443 g/mol. The molecular weight excluding hydrogens is 416 g/mol. The Hall–Kier alpha value is -2.06. The summed E-state index contributed by atoms with van der Waals surface area (Å²) >= 11 is 3.36. The molecule has 1 aliphatic heterocycles. The molecule has 1 saturated heterocycles. The standard InChI is InChI=1S/C23H26N2O3S2/c1-15-16(2)30-23(24-22(26)19-5-4-12-28-19)20(15)21(25-10-13-27-14-11-25)17-6-8-18(29-3)9-7-17/h4-9,12,21H,10-11,13-14H2,1-3H3,(H,24,26)/t21-/m1/s1. The molecule has 0 unspecified atom stereocenters. The summed E-state index contributed by atoms with van der Waals surface area (Å²) in [5.74, 6) is 0.0952. The third kappa shape index (κ3) is 4.34. The molecule has 3 aromatic rings. The molecule has 3 heterocycles. The number of thiophene rings is 1. The predicted molar refractivity (Wildman–Crippen MR) is 123 cm³/mol. The van der Waals surface area contributed by atoms with E-state index >= 15 is 0 Å². The van der Waals surface area contributed by atoms with E-state index in [1.165, 1.54) is 27.2 Å². The molecule has 0 bridgehead atoms. The first-order valence-corrected chi connectivity index (χ1v) is 12.0. The van der Waals surface area contributed by atoms with Gasteiger partial charge in [-0.25, -0.2) is 0 Å². The van der Waals surface area contributed by atoms with E-state index in [2.05, 4.69) is 54.6 Å². The van der Waals surface area contributed by atoms with Crippen molar-refractivity contribution >= 4 is 34.0 Å². The lowest BCUT2D eigenvalue weighted by Crippen LogP contribution is -2.39. The fourth-order valence-electron chi connectivity index (χ4n) is 3.82. The second kappa shape index (κ2) is 9.39. The van der Waals surface area contributed by atoms with Crippen molar-refractivity contribution in [2.45, 2.75) is 24.8 Å². The Kier molecular flexibility index (Phi) is 6.63. The minimum Gasteiger partial charge on any atom is -0.459 e. The van der Waals surface area contributed by atoms with Gasteiger partial charge < -0.3 is 14.5 Å². The number of aryl methyl sites for hydroxylation is 1. The number of carbonyl (C=O) groups excluding carboxylic acids is 1. The fourth-order valence-corrected chi connectivity index (χ4v) is 5.32. The molecule has 1 fully saturated rings. The molecule has 0 radical (unpaired) electrons. The van der Waals surface area contributed by atoms with Gasteiger partial charge in [0.2, 0.25) is 0 Å². The molecule has 4 rings (SSSR count). The molecule has 158 valence electrons. The van der Waals surface area contributed by atoms with Crippen molar-refractivity contribution in [1.29, 1.82) is 0 Å². The van der Waals surface area contributed by atoms with Gasteiger partial charge in [-0.15, -0.1) is 23.1 Å². The first-order valence-electron chi connectivity index (χ1n) is 9.99. The topological polar surface area (TPSA) is 54.7 Å². The monoisotopic (exact) mass is 442 g/mol. The Morgan fingerprint density at radius 1 is 1.17 bits per heavy atom. The number of hydrogen-bond donors (Lipinski definition) is 1. The van der Waals surface area contributed by atoms with Crippen LogP contribution in [0.15, 0.2) is 52.0 Å². The van der Waals surface area contributed by atoms with Crippen LogP contribution in [-0.2, 0) is 4.74 Å². The summed E-state index contributed by atoms with van der Waals surface area (Å²) in [7, 11) is 0. The highest BCUT2D eigenvalue weighted by Gasteiger charge is 2.30. The smallest absolute Gasteiger partial charge is 0.291 e. The molecule has 2 aromatic heterocycles. The second-order valence-corrected chi connectivity index (χ2v) is 9.39. The summed E-state index contributed by atoms with van der Waals surface area (Å²) in [5.41, 5.74) is 3.61. The number of anilines is 1. The van der Waals surface area contributed by atoms with Crippen LogP contribution < -0.4 is 5.32 Å². The Morgan fingerprint density at radius 2 is 1.90 bits per heavy atom. The number of rotatable bonds is 6. The predicted octanol–water partition coefficient (Wildman–Crippen LogP) is 5.35. The van der Waals surface area contributed by atoms with Gasteiger partial charge in [-0.2, -0.15) is 0 Å². The van der Waals surface area contributed by atoms with Crippen molar-refractivity contribution in [1.82, 2.24) is 4.90 Å². The van der Waals surface area contributed by atoms with E-state index in [9.17, 15) is 4.79 Å². The lowest BCUT2D eigenvalue weighted by Gasteiger charge is -2.35. The SMILES string of the molecule is CSc1ccc([C@H](c2c(NC(=O)c3ccco3)sc(C)c2C)N2CCOCC2)cc1. The molecule has 1 atom stereocenters. The van der Waals surface area contributed by atoms with Crippen molar-refractivity contribution < 1.29 is 13.9 Å². The minimum absolute atomic E-state index is 0.0571. The van der Waals surface area contributed by atoms with E-state index in [-0.39, 0.29) is 11.9 Å². The van der Waals surface area contributed by atoms with E-state index in [1.54, 1.807) is 35.2 Å². The van der Waals surface area contributed by atoms with Gasteiger partial charge in [0.05, 0.1) is 25.5 Å². The van der Waals surface area contributed by atoms with Gasteiger partial charge in [-0.3, -0.25) is 9.69 Å². The quantitative estimate of drug-likeness (QED) is 0.521.